The molecular formula is C17H16N4O4S. The summed E-state index contributed by atoms with van der Waals surface area (Å²) in [7, 11) is 0. The summed E-state index contributed by atoms with van der Waals surface area (Å²) in [5, 5.41) is 18.3. The molecule has 1 aliphatic rings. The number of nitro groups is 1. The zero-order valence-corrected chi connectivity index (χ0v) is 14.7. The van der Waals surface area contributed by atoms with Crippen molar-refractivity contribution in [2.24, 2.45) is 5.10 Å². The van der Waals surface area contributed by atoms with Gasteiger partial charge in [0.2, 0.25) is 6.79 Å². The molecule has 2 aromatic rings. The second-order valence-corrected chi connectivity index (χ2v) is 5.95. The lowest BCUT2D eigenvalue weighted by atomic mass is 10.1. The van der Waals surface area contributed by atoms with Crippen LogP contribution in [0.1, 0.15) is 16.7 Å². The Bertz CT molecular complexity index is 885. The summed E-state index contributed by atoms with van der Waals surface area (Å²) in [6, 6.07) is 10.5. The fraction of sp³-hybridized carbons (Fsp3) is 0.176. The minimum atomic E-state index is -0.419. The highest BCUT2D eigenvalue weighted by molar-refractivity contribution is 7.80. The summed E-state index contributed by atoms with van der Waals surface area (Å²) in [6.07, 6.45) is 1.47. The molecule has 0 saturated carbocycles. The molecule has 0 fully saturated rings. The average Bonchev–Trinajstić information content (AvgIpc) is 3.09. The van der Waals surface area contributed by atoms with Gasteiger partial charge in [0.1, 0.15) is 0 Å². The minimum Gasteiger partial charge on any atom is -0.454 e. The smallest absolute Gasteiger partial charge is 0.272 e. The van der Waals surface area contributed by atoms with E-state index in [-0.39, 0.29) is 12.5 Å². The Balaban J connectivity index is 1.52. The molecule has 1 aliphatic heterocycles. The molecule has 26 heavy (non-hydrogen) atoms. The molecule has 0 spiro atoms. The van der Waals surface area contributed by atoms with Crippen LogP contribution < -0.4 is 20.2 Å². The monoisotopic (exact) mass is 372 g/mol. The van der Waals surface area contributed by atoms with Crippen molar-refractivity contribution in [3.63, 3.8) is 0 Å². The second kappa shape index (κ2) is 7.79. The largest absolute Gasteiger partial charge is 0.454 e. The molecule has 3 rings (SSSR count). The van der Waals surface area contributed by atoms with Gasteiger partial charge in [0.05, 0.1) is 11.1 Å². The first-order valence-corrected chi connectivity index (χ1v) is 8.14. The van der Waals surface area contributed by atoms with Crippen LogP contribution in [0.25, 0.3) is 0 Å². The molecule has 1 heterocycles. The molecule has 0 atom stereocenters. The average molecular weight is 372 g/mol. The van der Waals surface area contributed by atoms with Crippen LogP contribution >= 0.6 is 12.2 Å². The molecule has 0 bridgehead atoms. The van der Waals surface area contributed by atoms with Gasteiger partial charge in [-0.1, -0.05) is 18.2 Å². The van der Waals surface area contributed by atoms with Crippen molar-refractivity contribution >= 4 is 29.2 Å². The van der Waals surface area contributed by atoms with Gasteiger partial charge in [-0.25, -0.2) is 0 Å². The van der Waals surface area contributed by atoms with Crippen LogP contribution in [0, 0.1) is 17.0 Å². The Labute approximate surface area is 155 Å². The molecule has 0 unspecified atom stereocenters. The summed E-state index contributed by atoms with van der Waals surface area (Å²) >= 11 is 5.16. The van der Waals surface area contributed by atoms with E-state index in [9.17, 15) is 10.1 Å². The molecular weight excluding hydrogens is 356 g/mol. The van der Waals surface area contributed by atoms with Crippen LogP contribution in [-0.2, 0) is 6.54 Å². The molecule has 0 aliphatic carbocycles. The predicted molar refractivity (Wildman–Crippen MR) is 101 cm³/mol. The summed E-state index contributed by atoms with van der Waals surface area (Å²) in [6.45, 7) is 2.42. The van der Waals surface area contributed by atoms with E-state index in [0.717, 1.165) is 11.3 Å². The molecule has 0 saturated heterocycles. The Hall–Kier alpha value is -3.20. The quantitative estimate of drug-likeness (QED) is 0.360. The number of thiocarbonyl (C=S) groups is 1. The molecule has 2 N–H and O–H groups in total. The number of rotatable bonds is 5. The number of fused-ring (bicyclic) bond motifs is 1. The number of hydrogen-bond acceptors (Lipinski definition) is 6. The van der Waals surface area contributed by atoms with E-state index in [1.54, 1.807) is 19.1 Å². The van der Waals surface area contributed by atoms with Crippen LogP contribution in [0.15, 0.2) is 41.5 Å². The zero-order chi connectivity index (χ0) is 18.5. The van der Waals surface area contributed by atoms with Crippen molar-refractivity contribution in [2.45, 2.75) is 13.5 Å². The van der Waals surface area contributed by atoms with E-state index in [0.29, 0.717) is 28.5 Å². The maximum absolute atomic E-state index is 10.9. The third kappa shape index (κ3) is 4.25. The molecule has 2 aromatic carbocycles. The number of benzene rings is 2. The fourth-order valence-corrected chi connectivity index (χ4v) is 2.47. The van der Waals surface area contributed by atoms with E-state index in [1.807, 2.05) is 18.2 Å². The van der Waals surface area contributed by atoms with Crippen LogP contribution in [0.4, 0.5) is 5.69 Å². The summed E-state index contributed by atoms with van der Waals surface area (Å²) in [5.41, 5.74) is 4.92. The lowest BCUT2D eigenvalue weighted by Gasteiger charge is -2.07. The van der Waals surface area contributed by atoms with Gasteiger partial charge in [0.15, 0.2) is 16.6 Å². The number of nitro benzene ring substituents is 1. The lowest BCUT2D eigenvalue weighted by molar-refractivity contribution is -0.385. The number of nitrogens with zero attached hydrogens (tertiary/aromatic N) is 2. The molecule has 134 valence electrons. The highest BCUT2D eigenvalue weighted by atomic mass is 32.1. The number of hydrogen-bond donors (Lipinski definition) is 2. The van der Waals surface area contributed by atoms with Crippen molar-refractivity contribution in [2.75, 3.05) is 6.79 Å². The minimum absolute atomic E-state index is 0.0532. The van der Waals surface area contributed by atoms with Crippen molar-refractivity contribution in [3.05, 3.63) is 63.2 Å². The van der Waals surface area contributed by atoms with E-state index in [4.69, 9.17) is 21.7 Å². The summed E-state index contributed by atoms with van der Waals surface area (Å²) in [5.74, 6) is 1.44. The van der Waals surface area contributed by atoms with Crippen molar-refractivity contribution in [1.82, 2.24) is 10.7 Å². The van der Waals surface area contributed by atoms with Gasteiger partial charge in [0, 0.05) is 23.7 Å². The van der Waals surface area contributed by atoms with Crippen LogP contribution in [0.3, 0.4) is 0 Å². The van der Waals surface area contributed by atoms with Crippen LogP contribution in [-0.4, -0.2) is 23.0 Å². The Morgan fingerprint density at radius 2 is 2.12 bits per heavy atom. The maximum atomic E-state index is 10.9. The third-order valence-corrected chi connectivity index (χ3v) is 3.94. The Kier molecular flexibility index (Phi) is 5.28. The highest BCUT2D eigenvalue weighted by Crippen LogP contribution is 2.32. The van der Waals surface area contributed by atoms with Gasteiger partial charge >= 0.3 is 0 Å². The lowest BCUT2D eigenvalue weighted by Crippen LogP contribution is -2.31. The third-order valence-electron chi connectivity index (χ3n) is 3.70. The van der Waals surface area contributed by atoms with E-state index in [1.165, 1.54) is 12.3 Å². The zero-order valence-electron chi connectivity index (χ0n) is 13.9. The number of ether oxygens (including phenoxy) is 2. The van der Waals surface area contributed by atoms with E-state index >= 15 is 0 Å². The first kappa shape index (κ1) is 17.6. The first-order chi connectivity index (χ1) is 12.5. The van der Waals surface area contributed by atoms with Gasteiger partial charge in [-0.15, -0.1) is 0 Å². The summed E-state index contributed by atoms with van der Waals surface area (Å²) < 4.78 is 10.6. The van der Waals surface area contributed by atoms with Gasteiger partial charge in [-0.05, 0) is 36.8 Å². The van der Waals surface area contributed by atoms with Gasteiger partial charge in [-0.2, -0.15) is 5.10 Å². The van der Waals surface area contributed by atoms with Gasteiger partial charge in [-0.3, -0.25) is 15.5 Å². The highest BCUT2D eigenvalue weighted by Gasteiger charge is 2.13. The van der Waals surface area contributed by atoms with Crippen molar-refractivity contribution in [3.8, 4) is 11.5 Å². The van der Waals surface area contributed by atoms with Gasteiger partial charge in [0.25, 0.3) is 5.69 Å². The first-order valence-electron chi connectivity index (χ1n) is 7.73. The normalized spacial score (nSPS) is 12.2. The van der Waals surface area contributed by atoms with Crippen LogP contribution in [0.5, 0.6) is 11.5 Å². The number of hydrazone groups is 1. The van der Waals surface area contributed by atoms with Crippen molar-refractivity contribution in [1.29, 1.82) is 0 Å². The number of aryl methyl sites for hydroxylation is 1. The fourth-order valence-electron chi connectivity index (χ4n) is 2.34. The SMILES string of the molecule is Cc1ccc(/C=N\NC(=S)NCc2ccc3c(c2)OCO3)cc1[N+](=O)[O-]. The standard InChI is InChI=1S/C17H16N4O4S/c1-11-2-3-12(6-14(11)21(22)23)9-19-20-17(26)18-8-13-4-5-15-16(7-13)25-10-24-15/h2-7,9H,8,10H2,1H3,(H2,18,20,26)/b19-9-. The molecule has 8 nitrogen and oxygen atoms in total. The van der Waals surface area contributed by atoms with Crippen molar-refractivity contribution < 1.29 is 14.4 Å². The van der Waals surface area contributed by atoms with Crippen LogP contribution in [0.2, 0.25) is 0 Å². The van der Waals surface area contributed by atoms with Gasteiger partial charge < -0.3 is 14.8 Å². The predicted octanol–water partition coefficient (Wildman–Crippen LogP) is 2.63. The Morgan fingerprint density at radius 1 is 1.31 bits per heavy atom. The second-order valence-electron chi connectivity index (χ2n) is 5.54. The van der Waals surface area contributed by atoms with E-state index in [2.05, 4.69) is 15.8 Å². The Morgan fingerprint density at radius 3 is 2.92 bits per heavy atom. The summed E-state index contributed by atoms with van der Waals surface area (Å²) in [4.78, 5) is 10.5. The molecule has 0 radical (unpaired) electrons. The molecule has 9 heteroatoms. The maximum Gasteiger partial charge on any atom is 0.272 e. The molecule has 0 aromatic heterocycles. The van der Waals surface area contributed by atoms with E-state index < -0.39 is 4.92 Å². The molecule has 0 amide bonds. The topological polar surface area (TPSA) is 98.0 Å². The number of nitrogens with one attached hydrogen (secondary N) is 2.